The third kappa shape index (κ3) is 8.83. The van der Waals surface area contributed by atoms with Gasteiger partial charge in [0.05, 0.1) is 6.61 Å². The number of carbonyl (C=O) groups is 2. The van der Waals surface area contributed by atoms with E-state index in [0.29, 0.717) is 13.2 Å². The molecule has 7 heteroatoms. The SMILES string of the molecule is CC(C)(C)OC(=O)NCCCCCCOc1cc(O)ccc1C(=O)O. The molecule has 25 heavy (non-hydrogen) atoms. The molecule has 140 valence electrons. The Balaban J connectivity index is 2.16. The van der Waals surface area contributed by atoms with Gasteiger partial charge in [0, 0.05) is 12.6 Å². The molecule has 0 radical (unpaired) electrons. The van der Waals surface area contributed by atoms with E-state index in [1.165, 1.54) is 18.2 Å². The van der Waals surface area contributed by atoms with Crippen molar-refractivity contribution in [3.8, 4) is 11.5 Å². The van der Waals surface area contributed by atoms with Gasteiger partial charge in [-0.3, -0.25) is 0 Å². The molecule has 3 N–H and O–H groups in total. The molecule has 0 unspecified atom stereocenters. The van der Waals surface area contributed by atoms with Gasteiger partial charge in [-0.2, -0.15) is 0 Å². The van der Waals surface area contributed by atoms with Gasteiger partial charge in [0.15, 0.2) is 0 Å². The summed E-state index contributed by atoms with van der Waals surface area (Å²) in [6.45, 7) is 6.35. The van der Waals surface area contributed by atoms with Crippen LogP contribution in [-0.2, 0) is 4.74 Å². The summed E-state index contributed by atoms with van der Waals surface area (Å²) < 4.78 is 10.6. The van der Waals surface area contributed by atoms with Crippen LogP contribution in [0.4, 0.5) is 4.79 Å². The number of benzene rings is 1. The van der Waals surface area contributed by atoms with Gasteiger partial charge in [-0.05, 0) is 45.7 Å². The second kappa shape index (κ2) is 9.76. The first-order valence-corrected chi connectivity index (χ1v) is 8.35. The number of aromatic hydroxyl groups is 1. The van der Waals surface area contributed by atoms with E-state index in [0.717, 1.165) is 25.7 Å². The standard InChI is InChI=1S/C18H27NO6/c1-18(2,3)25-17(23)19-10-6-4-5-7-11-24-15-12-13(20)8-9-14(15)16(21)22/h8-9,12,20H,4-7,10-11H2,1-3H3,(H,19,23)(H,21,22). The largest absolute Gasteiger partial charge is 0.508 e. The van der Waals surface area contributed by atoms with E-state index in [1.807, 2.05) is 20.8 Å². The van der Waals surface area contributed by atoms with Crippen LogP contribution in [0.2, 0.25) is 0 Å². The van der Waals surface area contributed by atoms with Gasteiger partial charge in [0.2, 0.25) is 0 Å². The minimum Gasteiger partial charge on any atom is -0.508 e. The van der Waals surface area contributed by atoms with Crippen molar-refractivity contribution in [2.24, 2.45) is 0 Å². The number of hydrogen-bond acceptors (Lipinski definition) is 5. The highest BCUT2D eigenvalue weighted by Crippen LogP contribution is 2.24. The number of carbonyl (C=O) groups excluding carboxylic acids is 1. The molecule has 0 saturated carbocycles. The third-order valence-electron chi connectivity index (χ3n) is 3.19. The number of unbranched alkanes of at least 4 members (excludes halogenated alkanes) is 3. The van der Waals surface area contributed by atoms with E-state index in [2.05, 4.69) is 5.32 Å². The number of aromatic carboxylic acids is 1. The number of phenols is 1. The summed E-state index contributed by atoms with van der Waals surface area (Å²) in [6, 6.07) is 3.93. The summed E-state index contributed by atoms with van der Waals surface area (Å²) in [5.41, 5.74) is -0.471. The smallest absolute Gasteiger partial charge is 0.407 e. The Labute approximate surface area is 147 Å². The van der Waals surface area contributed by atoms with Gasteiger partial charge in [0.1, 0.15) is 22.7 Å². The number of phenolic OH excluding ortho intramolecular Hbond substituents is 1. The molecule has 0 saturated heterocycles. The van der Waals surface area contributed by atoms with Crippen LogP contribution in [0.15, 0.2) is 18.2 Å². The van der Waals surface area contributed by atoms with Gasteiger partial charge < -0.3 is 25.0 Å². The highest BCUT2D eigenvalue weighted by Gasteiger charge is 2.15. The Morgan fingerprint density at radius 2 is 1.80 bits per heavy atom. The maximum atomic E-state index is 11.4. The van der Waals surface area contributed by atoms with Crippen molar-refractivity contribution < 1.29 is 29.3 Å². The molecule has 0 aliphatic heterocycles. The van der Waals surface area contributed by atoms with Crippen molar-refractivity contribution in [3.05, 3.63) is 23.8 Å². The Bertz CT molecular complexity index is 579. The number of ether oxygens (including phenoxy) is 2. The number of rotatable bonds is 9. The van der Waals surface area contributed by atoms with E-state index in [9.17, 15) is 14.7 Å². The van der Waals surface area contributed by atoms with Crippen LogP contribution in [0, 0.1) is 0 Å². The summed E-state index contributed by atoms with van der Waals surface area (Å²) in [4.78, 5) is 22.5. The van der Waals surface area contributed by atoms with E-state index < -0.39 is 17.7 Å². The fourth-order valence-electron chi connectivity index (χ4n) is 2.07. The van der Waals surface area contributed by atoms with Crippen LogP contribution in [-0.4, -0.2) is 41.0 Å². The van der Waals surface area contributed by atoms with Crippen molar-refractivity contribution in [2.45, 2.75) is 52.1 Å². The second-order valence-corrected chi connectivity index (χ2v) is 6.68. The fourth-order valence-corrected chi connectivity index (χ4v) is 2.07. The van der Waals surface area contributed by atoms with Crippen LogP contribution >= 0.6 is 0 Å². The molecule has 0 aromatic heterocycles. The summed E-state index contributed by atoms with van der Waals surface area (Å²) in [5, 5.41) is 21.2. The second-order valence-electron chi connectivity index (χ2n) is 6.68. The van der Waals surface area contributed by atoms with E-state index in [-0.39, 0.29) is 17.1 Å². The lowest BCUT2D eigenvalue weighted by Crippen LogP contribution is -2.32. The lowest BCUT2D eigenvalue weighted by Gasteiger charge is -2.19. The van der Waals surface area contributed by atoms with Crippen LogP contribution in [0.3, 0.4) is 0 Å². The van der Waals surface area contributed by atoms with E-state index in [1.54, 1.807) is 0 Å². The fraction of sp³-hybridized carbons (Fsp3) is 0.556. The topological polar surface area (TPSA) is 105 Å². The van der Waals surface area contributed by atoms with E-state index in [4.69, 9.17) is 14.6 Å². The number of amides is 1. The highest BCUT2D eigenvalue weighted by atomic mass is 16.6. The molecule has 0 aliphatic rings. The predicted octanol–water partition coefficient (Wildman–Crippen LogP) is 3.55. The average molecular weight is 353 g/mol. The maximum Gasteiger partial charge on any atom is 0.407 e. The van der Waals surface area contributed by atoms with E-state index >= 15 is 0 Å². The molecule has 1 aromatic carbocycles. The lowest BCUT2D eigenvalue weighted by molar-refractivity contribution is 0.0526. The Morgan fingerprint density at radius 1 is 1.12 bits per heavy atom. The number of nitrogens with one attached hydrogen (secondary N) is 1. The normalized spacial score (nSPS) is 11.0. The van der Waals surface area contributed by atoms with Crippen LogP contribution < -0.4 is 10.1 Å². The lowest BCUT2D eigenvalue weighted by atomic mass is 10.2. The van der Waals surface area contributed by atoms with Crippen LogP contribution in [0.5, 0.6) is 11.5 Å². The summed E-state index contributed by atoms with van der Waals surface area (Å²) >= 11 is 0. The average Bonchev–Trinajstić information content (AvgIpc) is 2.47. The molecule has 7 nitrogen and oxygen atoms in total. The zero-order valence-corrected chi connectivity index (χ0v) is 15.0. The summed E-state index contributed by atoms with van der Waals surface area (Å²) in [5.74, 6) is -0.962. The monoisotopic (exact) mass is 353 g/mol. The quantitative estimate of drug-likeness (QED) is 0.586. The molecule has 0 spiro atoms. The molecule has 0 atom stereocenters. The van der Waals surface area contributed by atoms with Crippen molar-refractivity contribution in [1.82, 2.24) is 5.32 Å². The molecule has 1 rings (SSSR count). The Morgan fingerprint density at radius 3 is 2.44 bits per heavy atom. The van der Waals surface area contributed by atoms with Crippen LogP contribution in [0.25, 0.3) is 0 Å². The number of carboxylic acid groups (broad SMARTS) is 1. The first kappa shape index (κ1) is 20.6. The summed E-state index contributed by atoms with van der Waals surface area (Å²) in [7, 11) is 0. The zero-order valence-electron chi connectivity index (χ0n) is 15.0. The molecular weight excluding hydrogens is 326 g/mol. The number of carboxylic acids is 1. The van der Waals surface area contributed by atoms with Crippen molar-refractivity contribution in [3.63, 3.8) is 0 Å². The van der Waals surface area contributed by atoms with Gasteiger partial charge in [-0.15, -0.1) is 0 Å². The van der Waals surface area contributed by atoms with Gasteiger partial charge in [-0.1, -0.05) is 12.8 Å². The van der Waals surface area contributed by atoms with Gasteiger partial charge in [0.25, 0.3) is 0 Å². The minimum atomic E-state index is -1.09. The number of alkyl carbamates (subject to hydrolysis) is 1. The molecule has 1 amide bonds. The minimum absolute atomic E-state index is 0.0272. The van der Waals surface area contributed by atoms with Crippen molar-refractivity contribution in [1.29, 1.82) is 0 Å². The molecule has 0 fully saturated rings. The first-order chi connectivity index (χ1) is 11.7. The number of hydrogen-bond donors (Lipinski definition) is 3. The molecular formula is C18H27NO6. The maximum absolute atomic E-state index is 11.4. The predicted molar refractivity (Wildman–Crippen MR) is 93.3 cm³/mol. The third-order valence-corrected chi connectivity index (χ3v) is 3.19. The molecule has 0 aliphatic carbocycles. The zero-order chi connectivity index (χ0) is 18.9. The van der Waals surface area contributed by atoms with Crippen molar-refractivity contribution in [2.75, 3.05) is 13.2 Å². The van der Waals surface area contributed by atoms with Gasteiger partial charge >= 0.3 is 12.1 Å². The van der Waals surface area contributed by atoms with Crippen LogP contribution in [0.1, 0.15) is 56.8 Å². The van der Waals surface area contributed by atoms with Gasteiger partial charge in [-0.25, -0.2) is 9.59 Å². The summed E-state index contributed by atoms with van der Waals surface area (Å²) in [6.07, 6.45) is 2.95. The Hall–Kier alpha value is -2.44. The van der Waals surface area contributed by atoms with Crippen molar-refractivity contribution >= 4 is 12.1 Å². The molecule has 0 heterocycles. The first-order valence-electron chi connectivity index (χ1n) is 8.35. The highest BCUT2D eigenvalue weighted by molar-refractivity contribution is 5.91. The molecule has 1 aromatic rings. The molecule has 0 bridgehead atoms. The Kier molecular flexibility index (Phi) is 8.04.